The summed E-state index contributed by atoms with van der Waals surface area (Å²) in [6.07, 6.45) is 1.92. The molecule has 0 saturated carbocycles. The Kier molecular flexibility index (Phi) is 9.65. The number of alkyl carbamates (subject to hydrolysis) is 1. The van der Waals surface area contributed by atoms with E-state index in [1.165, 1.54) is 12.8 Å². The van der Waals surface area contributed by atoms with E-state index in [1.54, 1.807) is 20.8 Å². The van der Waals surface area contributed by atoms with Gasteiger partial charge in [0.25, 0.3) is 0 Å². The minimum absolute atomic E-state index is 0.422. The molecule has 16 heavy (non-hydrogen) atoms. The minimum atomic E-state index is -1.10. The Labute approximate surface area is 97.2 Å². The summed E-state index contributed by atoms with van der Waals surface area (Å²) in [6, 6.07) is 0. The van der Waals surface area contributed by atoms with Crippen LogP contribution < -0.4 is 5.32 Å². The van der Waals surface area contributed by atoms with Gasteiger partial charge in [-0.25, -0.2) is 4.79 Å². The number of ether oxygens (including phenoxy) is 1. The van der Waals surface area contributed by atoms with E-state index in [1.807, 2.05) is 0 Å². The zero-order chi connectivity index (χ0) is 13.2. The maximum absolute atomic E-state index is 10.8. The maximum Gasteiger partial charge on any atom is 0.408 e. The predicted octanol–water partition coefficient (Wildman–Crippen LogP) is 2.40. The SMILES string of the molecule is CC(C)(C)OC(=O)NCC(=O)O.CCCC. The van der Waals surface area contributed by atoms with E-state index in [-0.39, 0.29) is 0 Å². The molecule has 0 aliphatic rings. The van der Waals surface area contributed by atoms with Gasteiger partial charge in [-0.1, -0.05) is 26.7 Å². The zero-order valence-electron chi connectivity index (χ0n) is 10.8. The summed E-state index contributed by atoms with van der Waals surface area (Å²) in [7, 11) is 0. The molecule has 0 aliphatic carbocycles. The fraction of sp³-hybridized carbons (Fsp3) is 0.818. The van der Waals surface area contributed by atoms with Crippen molar-refractivity contribution in [1.29, 1.82) is 0 Å². The second kappa shape index (κ2) is 9.00. The Morgan fingerprint density at radius 2 is 1.62 bits per heavy atom. The molecule has 0 rings (SSSR count). The van der Waals surface area contributed by atoms with E-state index in [0.717, 1.165) is 0 Å². The largest absolute Gasteiger partial charge is 0.480 e. The van der Waals surface area contributed by atoms with Crippen molar-refractivity contribution < 1.29 is 19.4 Å². The van der Waals surface area contributed by atoms with Crippen LogP contribution in [0.2, 0.25) is 0 Å². The summed E-state index contributed by atoms with van der Waals surface area (Å²) in [5.41, 5.74) is -0.595. The lowest BCUT2D eigenvalue weighted by Crippen LogP contribution is -2.35. The Bertz CT molecular complexity index is 207. The van der Waals surface area contributed by atoms with Gasteiger partial charge in [0.15, 0.2) is 0 Å². The molecule has 0 saturated heterocycles. The van der Waals surface area contributed by atoms with Gasteiger partial charge in [-0.2, -0.15) is 0 Å². The number of carbonyl (C=O) groups is 2. The predicted molar refractivity (Wildman–Crippen MR) is 62.5 cm³/mol. The average Bonchev–Trinajstić information content (AvgIpc) is 2.12. The molecule has 0 fully saturated rings. The highest BCUT2D eigenvalue weighted by molar-refractivity contribution is 5.76. The molecule has 5 nitrogen and oxygen atoms in total. The highest BCUT2D eigenvalue weighted by atomic mass is 16.6. The van der Waals surface area contributed by atoms with Gasteiger partial charge in [0.05, 0.1) is 0 Å². The lowest BCUT2D eigenvalue weighted by atomic mass is 10.2. The zero-order valence-corrected chi connectivity index (χ0v) is 10.8. The van der Waals surface area contributed by atoms with Crippen LogP contribution in [0.15, 0.2) is 0 Å². The van der Waals surface area contributed by atoms with Crippen molar-refractivity contribution in [2.45, 2.75) is 53.1 Å². The van der Waals surface area contributed by atoms with Crippen LogP contribution in [0.4, 0.5) is 4.79 Å². The van der Waals surface area contributed by atoms with E-state index in [4.69, 9.17) is 9.84 Å². The van der Waals surface area contributed by atoms with Gasteiger partial charge in [-0.15, -0.1) is 0 Å². The first kappa shape index (κ1) is 17.1. The van der Waals surface area contributed by atoms with Crippen LogP contribution in [-0.2, 0) is 9.53 Å². The van der Waals surface area contributed by atoms with Crippen LogP contribution in [0, 0.1) is 0 Å². The van der Waals surface area contributed by atoms with E-state index in [0.29, 0.717) is 0 Å². The number of aliphatic carboxylic acids is 1. The molecule has 0 unspecified atom stereocenters. The second-order valence-electron chi connectivity index (χ2n) is 4.25. The third-order valence-corrected chi connectivity index (χ3v) is 1.28. The average molecular weight is 233 g/mol. The fourth-order valence-corrected chi connectivity index (χ4v) is 0.462. The quantitative estimate of drug-likeness (QED) is 0.784. The summed E-state index contributed by atoms with van der Waals surface area (Å²) in [4.78, 5) is 20.8. The first-order chi connectivity index (χ1) is 7.22. The van der Waals surface area contributed by atoms with Gasteiger partial charge in [0.2, 0.25) is 0 Å². The van der Waals surface area contributed by atoms with Crippen LogP contribution in [0.3, 0.4) is 0 Å². The summed E-state index contributed by atoms with van der Waals surface area (Å²) in [5.74, 6) is -1.10. The maximum atomic E-state index is 10.8. The van der Waals surface area contributed by atoms with Gasteiger partial charge in [0, 0.05) is 0 Å². The molecule has 0 aromatic rings. The van der Waals surface area contributed by atoms with E-state index < -0.39 is 24.2 Å². The van der Waals surface area contributed by atoms with Crippen LogP contribution >= 0.6 is 0 Å². The summed E-state index contributed by atoms with van der Waals surface area (Å²) < 4.78 is 4.77. The molecule has 96 valence electrons. The number of amides is 1. The summed E-state index contributed by atoms with van der Waals surface area (Å²) >= 11 is 0. The number of hydrogen-bond donors (Lipinski definition) is 2. The smallest absolute Gasteiger partial charge is 0.408 e. The van der Waals surface area contributed by atoms with Crippen molar-refractivity contribution in [2.24, 2.45) is 0 Å². The van der Waals surface area contributed by atoms with Crippen LogP contribution in [0.5, 0.6) is 0 Å². The van der Waals surface area contributed by atoms with Crippen molar-refractivity contribution in [3.8, 4) is 0 Å². The molecule has 0 aromatic heterocycles. The topological polar surface area (TPSA) is 75.6 Å². The third kappa shape index (κ3) is 18.5. The Balaban J connectivity index is 0. The molecule has 0 atom stereocenters. The van der Waals surface area contributed by atoms with Crippen LogP contribution in [-0.4, -0.2) is 29.3 Å². The number of nitrogens with one attached hydrogen (secondary N) is 1. The number of carbonyl (C=O) groups excluding carboxylic acids is 1. The molecule has 0 aliphatic heterocycles. The number of rotatable bonds is 3. The minimum Gasteiger partial charge on any atom is -0.480 e. The highest BCUT2D eigenvalue weighted by Gasteiger charge is 2.15. The monoisotopic (exact) mass is 233 g/mol. The molecular formula is C11H23NO4. The van der Waals surface area contributed by atoms with Crippen molar-refractivity contribution >= 4 is 12.1 Å². The Morgan fingerprint density at radius 1 is 1.19 bits per heavy atom. The first-order valence-electron chi connectivity index (χ1n) is 5.41. The lowest BCUT2D eigenvalue weighted by Gasteiger charge is -2.19. The number of hydrogen-bond acceptors (Lipinski definition) is 3. The Morgan fingerprint density at radius 3 is 1.88 bits per heavy atom. The van der Waals surface area contributed by atoms with Crippen LogP contribution in [0.25, 0.3) is 0 Å². The molecule has 0 spiro atoms. The molecule has 5 heteroatoms. The van der Waals surface area contributed by atoms with E-state index in [2.05, 4.69) is 19.2 Å². The van der Waals surface area contributed by atoms with Gasteiger partial charge >= 0.3 is 12.1 Å². The van der Waals surface area contributed by atoms with Crippen molar-refractivity contribution in [3.63, 3.8) is 0 Å². The van der Waals surface area contributed by atoms with E-state index >= 15 is 0 Å². The molecule has 0 heterocycles. The summed E-state index contributed by atoms with van der Waals surface area (Å²) in [6.45, 7) is 9.04. The first-order valence-corrected chi connectivity index (χ1v) is 5.41. The number of carboxylic acid groups (broad SMARTS) is 1. The third-order valence-electron chi connectivity index (χ3n) is 1.28. The highest BCUT2D eigenvalue weighted by Crippen LogP contribution is 2.05. The second-order valence-corrected chi connectivity index (χ2v) is 4.25. The number of carboxylic acids is 1. The standard InChI is InChI=1S/C7H13NO4.C4H10/c1-7(2,3)12-6(11)8-4-5(9)10;1-3-4-2/h4H2,1-3H3,(H,8,11)(H,9,10);3-4H2,1-2H3. The molecule has 1 amide bonds. The lowest BCUT2D eigenvalue weighted by molar-refractivity contribution is -0.136. The molecule has 0 radical (unpaired) electrons. The van der Waals surface area contributed by atoms with E-state index in [9.17, 15) is 9.59 Å². The van der Waals surface area contributed by atoms with Gasteiger partial charge in [-0.3, -0.25) is 4.79 Å². The van der Waals surface area contributed by atoms with Crippen molar-refractivity contribution in [3.05, 3.63) is 0 Å². The summed E-state index contributed by atoms with van der Waals surface area (Å²) in [5, 5.41) is 10.3. The molecule has 0 aromatic carbocycles. The molecule has 2 N–H and O–H groups in total. The fourth-order valence-electron chi connectivity index (χ4n) is 0.462. The van der Waals surface area contributed by atoms with Gasteiger partial charge in [0.1, 0.15) is 12.1 Å². The number of unbranched alkanes of at least 4 members (excludes halogenated alkanes) is 1. The molecular weight excluding hydrogens is 210 g/mol. The molecule has 0 bridgehead atoms. The Hall–Kier alpha value is -1.26. The van der Waals surface area contributed by atoms with Crippen molar-refractivity contribution in [1.82, 2.24) is 5.32 Å². The van der Waals surface area contributed by atoms with Gasteiger partial charge in [-0.05, 0) is 20.8 Å². The van der Waals surface area contributed by atoms with Gasteiger partial charge < -0.3 is 15.2 Å². The van der Waals surface area contributed by atoms with Crippen molar-refractivity contribution in [2.75, 3.05) is 6.54 Å². The van der Waals surface area contributed by atoms with Crippen LogP contribution in [0.1, 0.15) is 47.5 Å². The normalized spacial score (nSPS) is 9.81.